The van der Waals surface area contributed by atoms with E-state index in [9.17, 15) is 4.79 Å². The lowest BCUT2D eigenvalue weighted by molar-refractivity contribution is -0.147. The van der Waals surface area contributed by atoms with E-state index in [0.29, 0.717) is 5.19 Å². The van der Waals surface area contributed by atoms with Gasteiger partial charge >= 0.3 is 5.97 Å². The summed E-state index contributed by atoms with van der Waals surface area (Å²) in [5.41, 5.74) is 0.913. The maximum Gasteiger partial charge on any atom is 0.309 e. The molecule has 1 saturated carbocycles. The Morgan fingerprint density at radius 1 is 1.26 bits per heavy atom. The monoisotopic (exact) mass is 395 g/mol. The number of nitrogens with zero attached hydrogens (tertiary/aromatic N) is 1. The first-order chi connectivity index (χ1) is 11.2. The quantitative estimate of drug-likeness (QED) is 0.671. The lowest BCUT2D eigenvalue weighted by Crippen LogP contribution is -2.27. The van der Waals surface area contributed by atoms with Gasteiger partial charge in [0.2, 0.25) is 0 Å². The molecule has 0 bridgehead atoms. The summed E-state index contributed by atoms with van der Waals surface area (Å²) >= 11 is 5.04. The highest BCUT2D eigenvalue weighted by Crippen LogP contribution is 2.44. The number of ether oxygens (including phenoxy) is 2. The number of rotatable bonds is 4. The topological polar surface area (TPSA) is 48.4 Å². The van der Waals surface area contributed by atoms with Crippen molar-refractivity contribution in [3.8, 4) is 10.9 Å². The van der Waals surface area contributed by atoms with Gasteiger partial charge in [-0.05, 0) is 40.9 Å². The molecule has 0 amide bonds. The van der Waals surface area contributed by atoms with Crippen molar-refractivity contribution in [1.82, 2.24) is 4.98 Å². The van der Waals surface area contributed by atoms with Gasteiger partial charge in [-0.15, -0.1) is 0 Å². The minimum atomic E-state index is -0.139. The minimum absolute atomic E-state index is 0.0925. The zero-order chi connectivity index (χ0) is 16.2. The summed E-state index contributed by atoms with van der Waals surface area (Å²) < 4.78 is 11.7. The van der Waals surface area contributed by atoms with Crippen molar-refractivity contribution in [2.24, 2.45) is 5.92 Å². The Balaban J connectivity index is 1.83. The van der Waals surface area contributed by atoms with Gasteiger partial charge in [-0.1, -0.05) is 42.4 Å². The zero-order valence-corrected chi connectivity index (χ0v) is 15.2. The summed E-state index contributed by atoms with van der Waals surface area (Å²) in [5, 5.41) is 0.590. The van der Waals surface area contributed by atoms with Crippen LogP contribution < -0.4 is 4.74 Å². The van der Waals surface area contributed by atoms with Crippen molar-refractivity contribution >= 4 is 33.2 Å². The Labute approximate surface area is 148 Å². The third kappa shape index (κ3) is 3.75. The van der Waals surface area contributed by atoms with E-state index < -0.39 is 0 Å². The second kappa shape index (κ2) is 7.45. The van der Waals surface area contributed by atoms with E-state index in [2.05, 4.69) is 20.9 Å². The number of hydrogen-bond donors (Lipinski definition) is 0. The molecule has 0 N–H and O–H groups in total. The molecular formula is C17H18BrNO3S. The fraction of sp³-hybridized carbons (Fsp3) is 0.412. The Kier molecular flexibility index (Phi) is 5.33. The number of hydrogen-bond acceptors (Lipinski definition) is 5. The summed E-state index contributed by atoms with van der Waals surface area (Å²) in [6.45, 7) is 0. The van der Waals surface area contributed by atoms with Crippen LogP contribution in [-0.2, 0) is 9.53 Å². The Morgan fingerprint density at radius 2 is 2.00 bits per heavy atom. The van der Waals surface area contributed by atoms with Crippen LogP contribution in [0.25, 0.3) is 0 Å². The molecule has 4 nitrogen and oxygen atoms in total. The average molecular weight is 396 g/mol. The molecule has 3 rings (SSSR count). The molecule has 1 aliphatic rings. The fourth-order valence-corrected chi connectivity index (χ4v) is 4.58. The normalized spacial score (nSPS) is 21.0. The van der Waals surface area contributed by atoms with Gasteiger partial charge in [0.05, 0.1) is 22.5 Å². The Bertz CT molecular complexity index is 674. The maximum absolute atomic E-state index is 12.1. The van der Waals surface area contributed by atoms with Gasteiger partial charge in [-0.2, -0.15) is 0 Å². The third-order valence-corrected chi connectivity index (χ3v) is 5.79. The minimum Gasteiger partial charge on any atom is -0.469 e. The average Bonchev–Trinajstić information content (AvgIpc) is 2.95. The summed E-state index contributed by atoms with van der Waals surface area (Å²) in [7, 11) is 1.45. The van der Waals surface area contributed by atoms with E-state index in [-0.39, 0.29) is 17.8 Å². The number of benzene rings is 1. The molecule has 2 atom stereocenters. The SMILES string of the molecule is COC(=O)[C@@H]1CCCC[C@H]1c1nc(Oc2ccccc2)sc1Br. The van der Waals surface area contributed by atoms with E-state index in [0.717, 1.165) is 40.9 Å². The number of carbonyl (C=O) groups is 1. The van der Waals surface area contributed by atoms with Gasteiger partial charge in [-0.25, -0.2) is 4.98 Å². The van der Waals surface area contributed by atoms with Gasteiger partial charge < -0.3 is 9.47 Å². The van der Waals surface area contributed by atoms with E-state index in [1.165, 1.54) is 18.4 Å². The molecular weight excluding hydrogens is 378 g/mol. The number of carbonyl (C=O) groups excluding carboxylic acids is 1. The second-order valence-electron chi connectivity index (χ2n) is 5.57. The third-order valence-electron chi connectivity index (χ3n) is 4.16. The molecule has 1 aromatic carbocycles. The molecule has 1 fully saturated rings. The molecule has 1 heterocycles. The van der Waals surface area contributed by atoms with Gasteiger partial charge in [-0.3, -0.25) is 4.79 Å². The molecule has 0 saturated heterocycles. The molecule has 23 heavy (non-hydrogen) atoms. The van der Waals surface area contributed by atoms with Crippen molar-refractivity contribution in [1.29, 1.82) is 0 Å². The number of thiazole rings is 1. The number of aromatic nitrogens is 1. The number of halogens is 1. The molecule has 1 aromatic heterocycles. The first kappa shape index (κ1) is 16.5. The van der Waals surface area contributed by atoms with Crippen molar-refractivity contribution in [3.05, 3.63) is 39.8 Å². The van der Waals surface area contributed by atoms with E-state index in [1.807, 2.05) is 30.3 Å². The summed E-state index contributed by atoms with van der Waals surface area (Å²) in [6, 6.07) is 9.58. The van der Waals surface area contributed by atoms with Crippen LogP contribution in [0.1, 0.15) is 37.3 Å². The lowest BCUT2D eigenvalue weighted by Gasteiger charge is -2.28. The van der Waals surface area contributed by atoms with Gasteiger partial charge in [0, 0.05) is 5.92 Å². The maximum atomic E-state index is 12.1. The van der Waals surface area contributed by atoms with Crippen LogP contribution in [-0.4, -0.2) is 18.1 Å². The second-order valence-corrected chi connectivity index (χ2v) is 7.85. The number of para-hydroxylation sites is 1. The van der Waals surface area contributed by atoms with Crippen molar-refractivity contribution in [2.75, 3.05) is 7.11 Å². The molecule has 1 aliphatic carbocycles. The van der Waals surface area contributed by atoms with Crippen molar-refractivity contribution in [2.45, 2.75) is 31.6 Å². The molecule has 0 aliphatic heterocycles. The highest BCUT2D eigenvalue weighted by atomic mass is 79.9. The highest BCUT2D eigenvalue weighted by Gasteiger charge is 2.35. The number of esters is 1. The van der Waals surface area contributed by atoms with E-state index in [4.69, 9.17) is 9.47 Å². The molecule has 0 spiro atoms. The van der Waals surface area contributed by atoms with Crippen LogP contribution >= 0.6 is 27.3 Å². The first-order valence-electron chi connectivity index (χ1n) is 7.66. The number of methoxy groups -OCH3 is 1. The van der Waals surface area contributed by atoms with Crippen LogP contribution in [0.5, 0.6) is 10.9 Å². The molecule has 0 radical (unpaired) electrons. The Morgan fingerprint density at radius 3 is 2.74 bits per heavy atom. The predicted molar refractivity (Wildman–Crippen MR) is 93.0 cm³/mol. The van der Waals surface area contributed by atoms with Gasteiger partial charge in [0.1, 0.15) is 5.75 Å². The van der Waals surface area contributed by atoms with Crippen molar-refractivity contribution in [3.63, 3.8) is 0 Å². The Hall–Kier alpha value is -1.40. The first-order valence-corrected chi connectivity index (χ1v) is 9.27. The summed E-state index contributed by atoms with van der Waals surface area (Å²) in [4.78, 5) is 16.7. The predicted octanol–water partition coefficient (Wildman–Crippen LogP) is 5.14. The van der Waals surface area contributed by atoms with Crippen LogP contribution in [0.4, 0.5) is 0 Å². The largest absolute Gasteiger partial charge is 0.469 e. The molecule has 122 valence electrons. The summed E-state index contributed by atoms with van der Waals surface area (Å²) in [6.07, 6.45) is 3.98. The fourth-order valence-electron chi connectivity index (χ4n) is 3.05. The zero-order valence-electron chi connectivity index (χ0n) is 12.8. The molecule has 0 unspecified atom stereocenters. The van der Waals surface area contributed by atoms with Crippen molar-refractivity contribution < 1.29 is 14.3 Å². The van der Waals surface area contributed by atoms with Crippen LogP contribution in [0.15, 0.2) is 34.1 Å². The standard InChI is InChI=1S/C17H18BrNO3S/c1-21-16(20)13-10-6-5-9-12(13)14-15(18)23-17(19-14)22-11-7-3-2-4-8-11/h2-4,7-8,12-13H,5-6,9-10H2,1H3/t12-,13-/m1/s1. The van der Waals surface area contributed by atoms with Gasteiger partial charge in [0.15, 0.2) is 0 Å². The van der Waals surface area contributed by atoms with Crippen LogP contribution in [0, 0.1) is 5.92 Å². The van der Waals surface area contributed by atoms with E-state index in [1.54, 1.807) is 0 Å². The van der Waals surface area contributed by atoms with Gasteiger partial charge in [0.25, 0.3) is 5.19 Å². The molecule has 6 heteroatoms. The summed E-state index contributed by atoms with van der Waals surface area (Å²) in [5.74, 6) is 0.597. The van der Waals surface area contributed by atoms with E-state index >= 15 is 0 Å². The van der Waals surface area contributed by atoms with Crippen LogP contribution in [0.2, 0.25) is 0 Å². The smallest absolute Gasteiger partial charge is 0.309 e. The van der Waals surface area contributed by atoms with Crippen LogP contribution in [0.3, 0.4) is 0 Å². The lowest BCUT2D eigenvalue weighted by atomic mass is 9.78. The molecule has 2 aromatic rings. The highest BCUT2D eigenvalue weighted by molar-refractivity contribution is 9.11.